The van der Waals surface area contributed by atoms with Gasteiger partial charge in [0.2, 0.25) is 0 Å². The molecule has 1 aliphatic heterocycles. The molecule has 0 aliphatic carbocycles. The van der Waals surface area contributed by atoms with Crippen molar-refractivity contribution >= 4 is 0 Å². The van der Waals surface area contributed by atoms with Crippen LogP contribution in [-0.4, -0.2) is 38.8 Å². The van der Waals surface area contributed by atoms with Gasteiger partial charge in [0.05, 0.1) is 6.61 Å². The predicted molar refractivity (Wildman–Crippen MR) is 85.4 cm³/mol. The lowest BCUT2D eigenvalue weighted by molar-refractivity contribution is 0.154. The Hall–Kier alpha value is -0.0800. The summed E-state index contributed by atoms with van der Waals surface area (Å²) in [4.78, 5) is 2.12. The molecule has 1 aliphatic rings. The molecule has 1 heterocycles. The third-order valence-electron chi connectivity index (χ3n) is 2.79. The van der Waals surface area contributed by atoms with Crippen molar-refractivity contribution in [1.82, 2.24) is 4.90 Å². The highest BCUT2D eigenvalue weighted by Gasteiger charge is 2.27. The third-order valence-corrected chi connectivity index (χ3v) is 2.79. The fraction of sp³-hybridized carbons (Fsp3) is 1.00. The van der Waals surface area contributed by atoms with Crippen LogP contribution in [0.1, 0.15) is 67.7 Å². The van der Waals surface area contributed by atoms with Crippen molar-refractivity contribution in [3.05, 3.63) is 0 Å². The van der Waals surface area contributed by atoms with Crippen LogP contribution in [0.15, 0.2) is 0 Å². The Labute approximate surface area is 117 Å². The van der Waals surface area contributed by atoms with Crippen LogP contribution in [0.3, 0.4) is 0 Å². The largest absolute Gasteiger partial charge is 0.381 e. The van der Waals surface area contributed by atoms with Crippen LogP contribution in [0.25, 0.3) is 0 Å². The minimum atomic E-state index is 0.523. The first kappa shape index (κ1) is 23.0. The molecule has 0 radical (unpaired) electrons. The van der Waals surface area contributed by atoms with Gasteiger partial charge in [-0.15, -0.1) is 0 Å². The van der Waals surface area contributed by atoms with Gasteiger partial charge in [0.15, 0.2) is 0 Å². The Balaban J connectivity index is -0.000000215. The smallest absolute Gasteiger partial charge is 0.0520 e. The van der Waals surface area contributed by atoms with E-state index in [0.29, 0.717) is 5.41 Å². The van der Waals surface area contributed by atoms with Gasteiger partial charge in [-0.3, -0.25) is 0 Å². The topological polar surface area (TPSA) is 12.5 Å². The van der Waals surface area contributed by atoms with E-state index >= 15 is 0 Å². The van der Waals surface area contributed by atoms with Crippen LogP contribution in [0, 0.1) is 5.41 Å². The van der Waals surface area contributed by atoms with Crippen LogP contribution in [0.5, 0.6) is 0 Å². The summed E-state index contributed by atoms with van der Waals surface area (Å²) in [6, 6.07) is 0. The minimum Gasteiger partial charge on any atom is -0.381 e. The molecular weight excluding hydrogens is 222 g/mol. The van der Waals surface area contributed by atoms with Gasteiger partial charge in [0.1, 0.15) is 0 Å². The maximum atomic E-state index is 5.31. The summed E-state index contributed by atoms with van der Waals surface area (Å²) in [5.74, 6) is 0. The molecule has 0 saturated carbocycles. The molecule has 1 rings (SSSR count). The molecule has 0 spiro atoms. The molecule has 2 nitrogen and oxygen atoms in total. The summed E-state index contributed by atoms with van der Waals surface area (Å²) >= 11 is 0. The lowest BCUT2D eigenvalue weighted by atomic mass is 9.85. The fourth-order valence-electron chi connectivity index (χ4n) is 1.51. The molecule has 0 aromatic carbocycles. The summed E-state index contributed by atoms with van der Waals surface area (Å²) in [6.45, 7) is 17.8. The standard InChI is InChI=1S/C8H16O.C4H11N.2C2H6/c1-3-4-8(2)5-6-9-7-8;1-4-5(2)3;2*1-2/h3-7H2,1-2H3;4H2,1-3H3;2*1-2H3. The Morgan fingerprint density at radius 2 is 1.50 bits per heavy atom. The Bertz CT molecular complexity index is 129. The molecule has 1 unspecified atom stereocenters. The van der Waals surface area contributed by atoms with Gasteiger partial charge in [-0.25, -0.2) is 0 Å². The number of rotatable bonds is 3. The van der Waals surface area contributed by atoms with Gasteiger partial charge < -0.3 is 9.64 Å². The van der Waals surface area contributed by atoms with E-state index in [2.05, 4.69) is 39.8 Å². The zero-order chi connectivity index (χ0) is 15.0. The van der Waals surface area contributed by atoms with Gasteiger partial charge >= 0.3 is 0 Å². The van der Waals surface area contributed by atoms with Crippen LogP contribution in [-0.2, 0) is 4.74 Å². The van der Waals surface area contributed by atoms with E-state index in [1.54, 1.807) is 0 Å². The summed E-state index contributed by atoms with van der Waals surface area (Å²) in [5, 5.41) is 0. The van der Waals surface area contributed by atoms with Crippen LogP contribution >= 0.6 is 0 Å². The Kier molecular flexibility index (Phi) is 21.7. The average molecular weight is 261 g/mol. The van der Waals surface area contributed by atoms with E-state index in [9.17, 15) is 0 Å². The van der Waals surface area contributed by atoms with E-state index < -0.39 is 0 Å². The highest BCUT2D eigenvalue weighted by Crippen LogP contribution is 2.32. The molecule has 0 amide bonds. The van der Waals surface area contributed by atoms with Crippen LogP contribution < -0.4 is 0 Å². The second kappa shape index (κ2) is 16.9. The fourth-order valence-corrected chi connectivity index (χ4v) is 1.51. The van der Waals surface area contributed by atoms with E-state index in [4.69, 9.17) is 4.74 Å². The summed E-state index contributed by atoms with van der Waals surface area (Å²) in [5.41, 5.74) is 0.523. The van der Waals surface area contributed by atoms with Gasteiger partial charge in [0, 0.05) is 6.61 Å². The maximum absolute atomic E-state index is 5.31. The van der Waals surface area contributed by atoms with Gasteiger partial charge in [0.25, 0.3) is 0 Å². The Morgan fingerprint density at radius 1 is 1.06 bits per heavy atom. The zero-order valence-electron chi connectivity index (χ0n) is 14.6. The first-order valence-electron chi connectivity index (χ1n) is 7.76. The normalized spacial score (nSPS) is 21.0. The molecule has 0 aromatic rings. The molecule has 0 N–H and O–H groups in total. The van der Waals surface area contributed by atoms with E-state index in [-0.39, 0.29) is 0 Å². The van der Waals surface area contributed by atoms with Crippen molar-refractivity contribution < 1.29 is 4.74 Å². The first-order chi connectivity index (χ1) is 8.54. The maximum Gasteiger partial charge on any atom is 0.0520 e. The lowest BCUT2D eigenvalue weighted by Gasteiger charge is -2.19. The van der Waals surface area contributed by atoms with Crippen molar-refractivity contribution in [2.24, 2.45) is 5.41 Å². The summed E-state index contributed by atoms with van der Waals surface area (Å²) < 4.78 is 5.31. The zero-order valence-corrected chi connectivity index (χ0v) is 14.6. The lowest BCUT2D eigenvalue weighted by Crippen LogP contribution is -2.14. The van der Waals surface area contributed by atoms with Crippen molar-refractivity contribution in [2.45, 2.75) is 67.7 Å². The van der Waals surface area contributed by atoms with Crippen LogP contribution in [0.2, 0.25) is 0 Å². The van der Waals surface area contributed by atoms with Crippen molar-refractivity contribution in [3.8, 4) is 0 Å². The molecule has 18 heavy (non-hydrogen) atoms. The van der Waals surface area contributed by atoms with E-state index in [1.165, 1.54) is 19.3 Å². The first-order valence-corrected chi connectivity index (χ1v) is 7.76. The molecule has 1 atom stereocenters. The predicted octanol–water partition coefficient (Wildman–Crippen LogP) is 4.83. The van der Waals surface area contributed by atoms with Crippen molar-refractivity contribution in [1.29, 1.82) is 0 Å². The van der Waals surface area contributed by atoms with Gasteiger partial charge in [-0.2, -0.15) is 0 Å². The third kappa shape index (κ3) is 15.9. The highest BCUT2D eigenvalue weighted by molar-refractivity contribution is 4.77. The van der Waals surface area contributed by atoms with Crippen molar-refractivity contribution in [3.63, 3.8) is 0 Å². The number of ether oxygens (including phenoxy) is 1. The van der Waals surface area contributed by atoms with E-state index in [1.807, 2.05) is 27.7 Å². The number of hydrogen-bond acceptors (Lipinski definition) is 2. The summed E-state index contributed by atoms with van der Waals surface area (Å²) in [6.07, 6.45) is 3.88. The van der Waals surface area contributed by atoms with Crippen molar-refractivity contribution in [2.75, 3.05) is 33.9 Å². The quantitative estimate of drug-likeness (QED) is 0.721. The molecule has 1 saturated heterocycles. The molecule has 0 bridgehead atoms. The molecule has 114 valence electrons. The average Bonchev–Trinajstić information content (AvgIpc) is 2.82. The SMILES string of the molecule is CC.CC.CCCC1(C)CCOC1.CCN(C)C. The van der Waals surface area contributed by atoms with Gasteiger partial charge in [-0.1, -0.05) is 54.9 Å². The number of hydrogen-bond donors (Lipinski definition) is 0. The second-order valence-electron chi connectivity index (χ2n) is 4.76. The number of nitrogens with zero attached hydrogens (tertiary/aromatic N) is 1. The summed E-state index contributed by atoms with van der Waals surface area (Å²) in [7, 11) is 4.11. The van der Waals surface area contributed by atoms with E-state index in [0.717, 1.165) is 19.8 Å². The van der Waals surface area contributed by atoms with Crippen LogP contribution in [0.4, 0.5) is 0 Å². The molecular formula is C16H39NO. The molecule has 0 aromatic heterocycles. The Morgan fingerprint density at radius 3 is 1.72 bits per heavy atom. The molecule has 2 heteroatoms. The van der Waals surface area contributed by atoms with Gasteiger partial charge in [-0.05, 0) is 38.9 Å². The molecule has 1 fully saturated rings. The second-order valence-corrected chi connectivity index (χ2v) is 4.76. The highest BCUT2D eigenvalue weighted by atomic mass is 16.5. The minimum absolute atomic E-state index is 0.523. The monoisotopic (exact) mass is 261 g/mol.